The zero-order valence-corrected chi connectivity index (χ0v) is 19.3. The first-order chi connectivity index (χ1) is 16.9. The van der Waals surface area contributed by atoms with Crippen molar-refractivity contribution in [3.63, 3.8) is 0 Å². The van der Waals surface area contributed by atoms with Gasteiger partial charge in [-0.15, -0.1) is 0 Å². The van der Waals surface area contributed by atoms with Crippen molar-refractivity contribution in [3.8, 4) is 0 Å². The number of aliphatic hydroxyl groups excluding tert-OH is 1. The van der Waals surface area contributed by atoms with Gasteiger partial charge < -0.3 is 15.0 Å². The SMILES string of the molecule is Cc1[nH]c2ccccc2c1C1C(C(=O)CCc2ccccc2)=C(O)C(=O)N1Cc1ccc(F)cc1. The number of aliphatic hydroxyl groups is 1. The topological polar surface area (TPSA) is 73.4 Å². The number of aromatic nitrogens is 1. The summed E-state index contributed by atoms with van der Waals surface area (Å²) in [4.78, 5) is 31.7. The smallest absolute Gasteiger partial charge is 0.290 e. The number of hydrogen-bond acceptors (Lipinski definition) is 3. The molecular formula is C29H25FN2O3. The Morgan fingerprint density at radius 3 is 2.40 bits per heavy atom. The second-order valence-corrected chi connectivity index (χ2v) is 8.84. The molecule has 2 heterocycles. The molecule has 1 aliphatic heterocycles. The van der Waals surface area contributed by atoms with Gasteiger partial charge >= 0.3 is 0 Å². The highest BCUT2D eigenvalue weighted by atomic mass is 19.1. The molecule has 0 aliphatic carbocycles. The van der Waals surface area contributed by atoms with Crippen LogP contribution in [0.3, 0.4) is 0 Å². The van der Waals surface area contributed by atoms with Crippen LogP contribution in [0.4, 0.5) is 4.39 Å². The summed E-state index contributed by atoms with van der Waals surface area (Å²) in [5, 5.41) is 11.8. The van der Waals surface area contributed by atoms with Crippen molar-refractivity contribution in [1.29, 1.82) is 0 Å². The Morgan fingerprint density at radius 2 is 1.66 bits per heavy atom. The summed E-state index contributed by atoms with van der Waals surface area (Å²) in [5.41, 5.74) is 4.30. The highest BCUT2D eigenvalue weighted by Crippen LogP contribution is 2.43. The Kier molecular flexibility index (Phi) is 5.95. The van der Waals surface area contributed by atoms with E-state index in [1.165, 1.54) is 17.0 Å². The van der Waals surface area contributed by atoms with Gasteiger partial charge in [0.05, 0.1) is 11.6 Å². The molecule has 4 aromatic rings. The molecule has 5 nitrogen and oxygen atoms in total. The van der Waals surface area contributed by atoms with E-state index in [0.29, 0.717) is 12.0 Å². The number of rotatable bonds is 7. The fraction of sp³-hybridized carbons (Fsp3) is 0.172. The molecule has 6 heteroatoms. The lowest BCUT2D eigenvalue weighted by atomic mass is 9.91. The molecule has 0 radical (unpaired) electrons. The molecule has 0 saturated heterocycles. The van der Waals surface area contributed by atoms with Gasteiger partial charge in [-0.1, -0.05) is 60.7 Å². The number of para-hydroxylation sites is 1. The summed E-state index contributed by atoms with van der Waals surface area (Å²) >= 11 is 0. The summed E-state index contributed by atoms with van der Waals surface area (Å²) in [7, 11) is 0. The van der Waals surface area contributed by atoms with E-state index in [2.05, 4.69) is 4.98 Å². The fourth-order valence-corrected chi connectivity index (χ4v) is 4.88. The molecule has 1 aromatic heterocycles. The van der Waals surface area contributed by atoms with Crippen LogP contribution in [0.2, 0.25) is 0 Å². The van der Waals surface area contributed by atoms with E-state index in [1.54, 1.807) is 12.1 Å². The minimum Gasteiger partial charge on any atom is -0.503 e. The molecule has 2 N–H and O–H groups in total. The van der Waals surface area contributed by atoms with Crippen molar-refractivity contribution >= 4 is 22.6 Å². The molecule has 1 aliphatic rings. The van der Waals surface area contributed by atoms with Crippen LogP contribution >= 0.6 is 0 Å². The van der Waals surface area contributed by atoms with E-state index >= 15 is 0 Å². The maximum Gasteiger partial charge on any atom is 0.290 e. The lowest BCUT2D eigenvalue weighted by Gasteiger charge is -2.27. The zero-order valence-electron chi connectivity index (χ0n) is 19.3. The Hall–Kier alpha value is -4.19. The number of carbonyl (C=O) groups excluding carboxylic acids is 2. The Bertz CT molecular complexity index is 1440. The van der Waals surface area contributed by atoms with Gasteiger partial charge in [-0.05, 0) is 42.7 Å². The standard InChI is InChI=1S/C29H25FN2O3/c1-18-25(22-9-5-6-10-23(22)31-18)27-26(24(33)16-13-19-7-3-2-4-8-19)28(34)29(35)32(27)17-20-11-14-21(30)15-12-20/h2-12,14-15,27,31,34H,13,16-17H2,1H3. The number of aryl methyl sites for hydroxylation is 2. The number of aromatic amines is 1. The first kappa shape index (κ1) is 22.6. The second kappa shape index (κ2) is 9.22. The first-order valence-corrected chi connectivity index (χ1v) is 11.6. The molecule has 1 amide bonds. The number of fused-ring (bicyclic) bond motifs is 1. The van der Waals surface area contributed by atoms with Crippen LogP contribution in [-0.2, 0) is 22.6 Å². The molecule has 0 fully saturated rings. The predicted molar refractivity (Wildman–Crippen MR) is 132 cm³/mol. The number of amides is 1. The van der Waals surface area contributed by atoms with Crippen molar-refractivity contribution in [1.82, 2.24) is 9.88 Å². The Balaban J connectivity index is 1.56. The van der Waals surface area contributed by atoms with Gasteiger partial charge in [-0.3, -0.25) is 9.59 Å². The van der Waals surface area contributed by atoms with Crippen LogP contribution < -0.4 is 0 Å². The molecule has 3 aromatic carbocycles. The average Bonchev–Trinajstić information content (AvgIpc) is 3.32. The van der Waals surface area contributed by atoms with Gasteiger partial charge in [0.1, 0.15) is 5.82 Å². The fourth-order valence-electron chi connectivity index (χ4n) is 4.88. The summed E-state index contributed by atoms with van der Waals surface area (Å²) in [6.45, 7) is 2.03. The maximum absolute atomic E-state index is 13.5. The van der Waals surface area contributed by atoms with E-state index in [0.717, 1.165) is 27.7 Å². The minimum absolute atomic E-state index is 0.112. The van der Waals surface area contributed by atoms with Gasteiger partial charge in [0.15, 0.2) is 11.5 Å². The van der Waals surface area contributed by atoms with Gasteiger partial charge in [-0.2, -0.15) is 0 Å². The van der Waals surface area contributed by atoms with Crippen LogP contribution in [0.15, 0.2) is 90.2 Å². The van der Waals surface area contributed by atoms with Crippen LogP contribution in [0.1, 0.15) is 34.8 Å². The summed E-state index contributed by atoms with van der Waals surface area (Å²) in [6, 6.07) is 22.5. The van der Waals surface area contributed by atoms with Gasteiger partial charge in [0.2, 0.25) is 0 Å². The minimum atomic E-state index is -0.757. The lowest BCUT2D eigenvalue weighted by molar-refractivity contribution is -0.130. The lowest BCUT2D eigenvalue weighted by Crippen LogP contribution is -2.31. The van der Waals surface area contributed by atoms with E-state index in [4.69, 9.17) is 0 Å². The molecular weight excluding hydrogens is 443 g/mol. The quantitative estimate of drug-likeness (QED) is 0.365. The van der Waals surface area contributed by atoms with Crippen LogP contribution in [0.5, 0.6) is 0 Å². The van der Waals surface area contributed by atoms with Crippen molar-refractivity contribution in [2.24, 2.45) is 0 Å². The number of carbonyl (C=O) groups is 2. The van der Waals surface area contributed by atoms with Crippen LogP contribution in [0.25, 0.3) is 10.9 Å². The summed E-state index contributed by atoms with van der Waals surface area (Å²) in [6.07, 6.45) is 0.668. The monoisotopic (exact) mass is 468 g/mol. The van der Waals surface area contributed by atoms with Gasteiger partial charge in [0, 0.05) is 35.1 Å². The van der Waals surface area contributed by atoms with Crippen molar-refractivity contribution in [2.75, 3.05) is 0 Å². The molecule has 1 atom stereocenters. The Labute approximate surface area is 202 Å². The number of hydrogen-bond donors (Lipinski definition) is 2. The highest BCUT2D eigenvalue weighted by Gasteiger charge is 2.44. The van der Waals surface area contributed by atoms with E-state index in [1.807, 2.05) is 61.5 Å². The zero-order chi connectivity index (χ0) is 24.5. The number of benzene rings is 3. The first-order valence-electron chi connectivity index (χ1n) is 11.6. The number of nitrogens with zero attached hydrogens (tertiary/aromatic N) is 1. The third kappa shape index (κ3) is 4.23. The Morgan fingerprint density at radius 1 is 0.971 bits per heavy atom. The summed E-state index contributed by atoms with van der Waals surface area (Å²) in [5.74, 6) is -1.76. The predicted octanol–water partition coefficient (Wildman–Crippen LogP) is 5.71. The maximum atomic E-state index is 13.5. The number of nitrogens with one attached hydrogen (secondary N) is 1. The number of Topliss-reactive ketones (excluding diaryl/α,β-unsaturated/α-hetero) is 1. The van der Waals surface area contributed by atoms with E-state index < -0.39 is 17.7 Å². The third-order valence-corrected chi connectivity index (χ3v) is 6.57. The van der Waals surface area contributed by atoms with Crippen LogP contribution in [-0.4, -0.2) is 26.7 Å². The molecule has 1 unspecified atom stereocenters. The molecule has 176 valence electrons. The van der Waals surface area contributed by atoms with Crippen molar-refractivity contribution in [3.05, 3.63) is 118 Å². The highest BCUT2D eigenvalue weighted by molar-refractivity contribution is 6.09. The largest absolute Gasteiger partial charge is 0.503 e. The summed E-state index contributed by atoms with van der Waals surface area (Å²) < 4.78 is 13.5. The van der Waals surface area contributed by atoms with Crippen molar-refractivity contribution in [2.45, 2.75) is 32.4 Å². The van der Waals surface area contributed by atoms with E-state index in [-0.39, 0.29) is 30.1 Å². The van der Waals surface area contributed by atoms with Crippen molar-refractivity contribution < 1.29 is 19.1 Å². The molecule has 0 bridgehead atoms. The van der Waals surface area contributed by atoms with Crippen LogP contribution in [0, 0.1) is 12.7 Å². The van der Waals surface area contributed by atoms with Gasteiger partial charge in [0.25, 0.3) is 5.91 Å². The molecule has 0 spiro atoms. The normalized spacial score (nSPS) is 15.9. The number of H-pyrrole nitrogens is 1. The molecule has 0 saturated carbocycles. The molecule has 5 rings (SSSR count). The number of ketones is 1. The van der Waals surface area contributed by atoms with E-state index in [9.17, 15) is 19.1 Å². The van der Waals surface area contributed by atoms with Gasteiger partial charge in [-0.25, -0.2) is 4.39 Å². The average molecular weight is 469 g/mol. The second-order valence-electron chi connectivity index (χ2n) is 8.84. The molecule has 35 heavy (non-hydrogen) atoms. The third-order valence-electron chi connectivity index (χ3n) is 6.57. The number of halogens is 1.